The Hall–Kier alpha value is -0.940. The van der Waals surface area contributed by atoms with E-state index in [-0.39, 0.29) is 12.2 Å². The van der Waals surface area contributed by atoms with E-state index in [0.717, 1.165) is 5.56 Å². The fourth-order valence-corrected chi connectivity index (χ4v) is 1.32. The third-order valence-electron chi connectivity index (χ3n) is 1.83. The number of benzene rings is 1. The van der Waals surface area contributed by atoms with E-state index >= 15 is 0 Å². The van der Waals surface area contributed by atoms with Crippen molar-refractivity contribution in [2.24, 2.45) is 0 Å². The van der Waals surface area contributed by atoms with Gasteiger partial charge in [-0.2, -0.15) is 0 Å². The van der Waals surface area contributed by atoms with Gasteiger partial charge in [-0.1, -0.05) is 6.07 Å². The van der Waals surface area contributed by atoms with Crippen molar-refractivity contribution in [3.05, 3.63) is 34.1 Å². The van der Waals surface area contributed by atoms with Crippen molar-refractivity contribution in [2.45, 2.75) is 13.0 Å². The zero-order valence-corrected chi connectivity index (χ0v) is 9.55. The second-order valence-corrected chi connectivity index (χ2v) is 3.92. The molecule has 0 atom stereocenters. The molecule has 82 valence electrons. The monoisotopic (exact) mass is 275 g/mol. The Morgan fingerprint density at radius 2 is 2.27 bits per heavy atom. The Bertz CT molecular complexity index is 357. The molecule has 0 heterocycles. The van der Waals surface area contributed by atoms with Crippen molar-refractivity contribution >= 4 is 21.9 Å². The molecule has 1 rings (SSSR count). The average Bonchev–Trinajstić information content (AvgIpc) is 2.18. The van der Waals surface area contributed by atoms with Crippen molar-refractivity contribution in [3.63, 3.8) is 0 Å². The van der Waals surface area contributed by atoms with Gasteiger partial charge >= 0.3 is 5.97 Å². The molecule has 15 heavy (non-hydrogen) atoms. The molecule has 0 fully saturated rings. The number of hydrogen-bond acceptors (Lipinski definition) is 2. The number of carbonyl (C=O) groups is 1. The van der Waals surface area contributed by atoms with Crippen LogP contribution in [0.2, 0.25) is 0 Å². The van der Waals surface area contributed by atoms with E-state index in [1.54, 1.807) is 12.1 Å². The highest BCUT2D eigenvalue weighted by Crippen LogP contribution is 2.16. The van der Waals surface area contributed by atoms with Gasteiger partial charge in [0.15, 0.2) is 0 Å². The number of aliphatic carboxylic acids is 1. The summed E-state index contributed by atoms with van der Waals surface area (Å²) in [6, 6.07) is 4.82. The average molecular weight is 276 g/mol. The topological polar surface area (TPSA) is 49.3 Å². The van der Waals surface area contributed by atoms with Crippen LogP contribution >= 0.6 is 15.9 Å². The number of carboxylic acid groups (broad SMARTS) is 1. The van der Waals surface area contributed by atoms with Gasteiger partial charge in [0, 0.05) is 13.1 Å². The second kappa shape index (κ2) is 5.82. The molecule has 0 saturated heterocycles. The van der Waals surface area contributed by atoms with Gasteiger partial charge in [0.25, 0.3) is 0 Å². The zero-order chi connectivity index (χ0) is 11.3. The van der Waals surface area contributed by atoms with E-state index in [0.29, 0.717) is 17.6 Å². The summed E-state index contributed by atoms with van der Waals surface area (Å²) in [4.78, 5) is 10.2. The van der Waals surface area contributed by atoms with Crippen molar-refractivity contribution in [1.82, 2.24) is 5.32 Å². The van der Waals surface area contributed by atoms with E-state index in [1.165, 1.54) is 6.07 Å². The molecular weight excluding hydrogens is 265 g/mol. The van der Waals surface area contributed by atoms with Gasteiger partial charge in [0.05, 0.1) is 10.9 Å². The quantitative estimate of drug-likeness (QED) is 0.810. The summed E-state index contributed by atoms with van der Waals surface area (Å²) in [5, 5.41) is 11.3. The predicted octanol–water partition coefficient (Wildman–Crippen LogP) is 2.15. The zero-order valence-electron chi connectivity index (χ0n) is 7.96. The van der Waals surface area contributed by atoms with E-state index in [2.05, 4.69) is 21.2 Å². The van der Waals surface area contributed by atoms with E-state index in [4.69, 9.17) is 5.11 Å². The number of carboxylic acids is 1. The molecule has 3 nitrogen and oxygen atoms in total. The van der Waals surface area contributed by atoms with Gasteiger partial charge in [-0.05, 0) is 33.6 Å². The predicted molar refractivity (Wildman–Crippen MR) is 58.1 cm³/mol. The maximum atomic E-state index is 13.0. The highest BCUT2D eigenvalue weighted by molar-refractivity contribution is 9.10. The molecule has 0 unspecified atom stereocenters. The number of rotatable bonds is 5. The summed E-state index contributed by atoms with van der Waals surface area (Å²) in [7, 11) is 0. The van der Waals surface area contributed by atoms with Crippen LogP contribution in [0.15, 0.2) is 22.7 Å². The van der Waals surface area contributed by atoms with Crippen LogP contribution in [0.5, 0.6) is 0 Å². The molecule has 1 aromatic rings. The lowest BCUT2D eigenvalue weighted by Crippen LogP contribution is -2.17. The molecule has 1 aromatic carbocycles. The summed E-state index contributed by atoms with van der Waals surface area (Å²) < 4.78 is 13.5. The Morgan fingerprint density at radius 1 is 1.53 bits per heavy atom. The second-order valence-electron chi connectivity index (χ2n) is 3.07. The summed E-state index contributed by atoms with van der Waals surface area (Å²) in [6.07, 6.45) is 0.0685. The Labute approximate surface area is 95.4 Å². The SMILES string of the molecule is O=C(O)CCNCc1ccc(Br)c(F)c1. The molecule has 0 radical (unpaired) electrons. The van der Waals surface area contributed by atoms with Crippen LogP contribution in [-0.4, -0.2) is 17.6 Å². The lowest BCUT2D eigenvalue weighted by molar-refractivity contribution is -0.136. The molecule has 0 aliphatic rings. The van der Waals surface area contributed by atoms with Gasteiger partial charge in [-0.3, -0.25) is 4.79 Å². The highest BCUT2D eigenvalue weighted by atomic mass is 79.9. The molecule has 0 spiro atoms. The molecule has 0 bridgehead atoms. The minimum absolute atomic E-state index is 0.0685. The molecule has 0 amide bonds. The molecular formula is C10H11BrFNO2. The first-order valence-electron chi connectivity index (χ1n) is 4.46. The first-order valence-corrected chi connectivity index (χ1v) is 5.25. The first-order chi connectivity index (χ1) is 7.09. The summed E-state index contributed by atoms with van der Waals surface area (Å²) in [5.74, 6) is -1.16. The maximum Gasteiger partial charge on any atom is 0.304 e. The smallest absolute Gasteiger partial charge is 0.304 e. The van der Waals surface area contributed by atoms with Crippen molar-refractivity contribution in [3.8, 4) is 0 Å². The number of nitrogens with one attached hydrogen (secondary N) is 1. The summed E-state index contributed by atoms with van der Waals surface area (Å²) >= 11 is 3.06. The molecule has 0 aliphatic carbocycles. The van der Waals surface area contributed by atoms with Crippen molar-refractivity contribution < 1.29 is 14.3 Å². The van der Waals surface area contributed by atoms with Gasteiger partial charge in [0.1, 0.15) is 5.82 Å². The van der Waals surface area contributed by atoms with Crippen LogP contribution in [0.3, 0.4) is 0 Å². The van der Waals surface area contributed by atoms with E-state index in [1.807, 2.05) is 0 Å². The van der Waals surface area contributed by atoms with Crippen molar-refractivity contribution in [2.75, 3.05) is 6.54 Å². The van der Waals surface area contributed by atoms with Gasteiger partial charge in [0.2, 0.25) is 0 Å². The Morgan fingerprint density at radius 3 is 2.87 bits per heavy atom. The van der Waals surface area contributed by atoms with Crippen LogP contribution in [0, 0.1) is 5.82 Å². The van der Waals surface area contributed by atoms with E-state index < -0.39 is 5.97 Å². The van der Waals surface area contributed by atoms with Crippen LogP contribution < -0.4 is 5.32 Å². The Balaban J connectivity index is 2.38. The minimum atomic E-state index is -0.843. The third kappa shape index (κ3) is 4.40. The largest absolute Gasteiger partial charge is 0.481 e. The summed E-state index contributed by atoms with van der Waals surface area (Å²) in [5.41, 5.74) is 0.793. The third-order valence-corrected chi connectivity index (χ3v) is 2.47. The fourth-order valence-electron chi connectivity index (χ4n) is 1.08. The van der Waals surface area contributed by atoms with Crippen LogP contribution in [0.25, 0.3) is 0 Å². The maximum absolute atomic E-state index is 13.0. The van der Waals surface area contributed by atoms with Gasteiger partial charge < -0.3 is 10.4 Å². The standard InChI is InChI=1S/C10H11BrFNO2/c11-8-2-1-7(5-9(8)12)6-13-4-3-10(14)15/h1-2,5,13H,3-4,6H2,(H,14,15). The minimum Gasteiger partial charge on any atom is -0.481 e. The van der Waals surface area contributed by atoms with Gasteiger partial charge in [-0.15, -0.1) is 0 Å². The normalized spacial score (nSPS) is 10.3. The van der Waals surface area contributed by atoms with E-state index in [9.17, 15) is 9.18 Å². The van der Waals surface area contributed by atoms with Crippen LogP contribution in [0.4, 0.5) is 4.39 Å². The molecule has 5 heteroatoms. The number of halogens is 2. The van der Waals surface area contributed by atoms with Crippen molar-refractivity contribution in [1.29, 1.82) is 0 Å². The Kier molecular flexibility index (Phi) is 4.71. The van der Waals surface area contributed by atoms with Gasteiger partial charge in [-0.25, -0.2) is 4.39 Å². The molecule has 2 N–H and O–H groups in total. The lowest BCUT2D eigenvalue weighted by atomic mass is 10.2. The molecule has 0 aromatic heterocycles. The fraction of sp³-hybridized carbons (Fsp3) is 0.300. The summed E-state index contributed by atoms with van der Waals surface area (Å²) in [6.45, 7) is 0.852. The highest BCUT2D eigenvalue weighted by Gasteiger charge is 2.01. The first kappa shape index (κ1) is 12.1. The molecule has 0 aliphatic heterocycles. The van der Waals surface area contributed by atoms with Crippen LogP contribution in [0.1, 0.15) is 12.0 Å². The van der Waals surface area contributed by atoms with Crippen LogP contribution in [-0.2, 0) is 11.3 Å². The number of hydrogen-bond donors (Lipinski definition) is 2. The lowest BCUT2D eigenvalue weighted by Gasteiger charge is -2.04. The molecule has 0 saturated carbocycles.